The number of thioether (sulfide) groups is 1. The Kier molecular flexibility index (Phi) is 2.93. The molecule has 0 spiro atoms. The highest BCUT2D eigenvalue weighted by atomic mass is 32.2. The molecule has 1 atom stereocenters. The third-order valence-electron chi connectivity index (χ3n) is 3.17. The van der Waals surface area contributed by atoms with Crippen LogP contribution in [0.15, 0.2) is 18.3 Å². The molecule has 0 aliphatic carbocycles. The van der Waals surface area contributed by atoms with E-state index in [1.807, 2.05) is 28.4 Å². The largest absolute Gasteiger partial charge is 0.504 e. The van der Waals surface area contributed by atoms with E-state index in [1.165, 1.54) is 25.0 Å². The van der Waals surface area contributed by atoms with E-state index in [0.717, 1.165) is 12.2 Å². The summed E-state index contributed by atoms with van der Waals surface area (Å²) in [6, 6.07) is 3.46. The minimum atomic E-state index is 0.197. The van der Waals surface area contributed by atoms with Crippen LogP contribution in [0.4, 0.5) is 0 Å². The maximum Gasteiger partial charge on any atom is 0.203 e. The zero-order valence-corrected chi connectivity index (χ0v) is 10.4. The maximum absolute atomic E-state index is 9.66. The number of fused-ring (bicyclic) bond motifs is 1. The van der Waals surface area contributed by atoms with Crippen LogP contribution in [0.2, 0.25) is 0 Å². The quantitative estimate of drug-likeness (QED) is 0.887. The van der Waals surface area contributed by atoms with E-state index in [4.69, 9.17) is 0 Å². The van der Waals surface area contributed by atoms with Gasteiger partial charge < -0.3 is 5.11 Å². The molecule has 0 saturated carbocycles. The zero-order valence-electron chi connectivity index (χ0n) is 9.54. The Morgan fingerprint density at radius 2 is 2.35 bits per heavy atom. The second-order valence-corrected chi connectivity index (χ2v) is 5.80. The summed E-state index contributed by atoms with van der Waals surface area (Å²) in [6.07, 6.45) is 6.77. The standard InChI is InChI=1S/C12H15N3OS/c16-10-5-3-6-15-11(13-14-12(10)15)8-9-4-1-2-7-17-9/h3,5-6,9,16H,1-2,4,7-8H2. The van der Waals surface area contributed by atoms with Gasteiger partial charge in [-0.3, -0.25) is 4.40 Å². The molecular weight excluding hydrogens is 234 g/mol. The van der Waals surface area contributed by atoms with Crippen molar-refractivity contribution in [2.75, 3.05) is 5.75 Å². The molecule has 2 aromatic heterocycles. The van der Waals surface area contributed by atoms with Gasteiger partial charge in [0.2, 0.25) is 5.65 Å². The number of pyridine rings is 1. The molecule has 1 N–H and O–H groups in total. The van der Waals surface area contributed by atoms with Crippen molar-refractivity contribution < 1.29 is 5.11 Å². The van der Waals surface area contributed by atoms with Crippen LogP contribution >= 0.6 is 11.8 Å². The van der Waals surface area contributed by atoms with E-state index in [1.54, 1.807) is 6.07 Å². The molecule has 1 unspecified atom stereocenters. The number of hydrogen-bond donors (Lipinski definition) is 1. The third kappa shape index (κ3) is 2.11. The molecule has 0 bridgehead atoms. The number of rotatable bonds is 2. The summed E-state index contributed by atoms with van der Waals surface area (Å²) in [5.74, 6) is 2.41. The van der Waals surface area contributed by atoms with Crippen molar-refractivity contribution >= 4 is 17.4 Å². The van der Waals surface area contributed by atoms with E-state index in [0.29, 0.717) is 10.9 Å². The molecular formula is C12H15N3OS. The minimum Gasteiger partial charge on any atom is -0.504 e. The van der Waals surface area contributed by atoms with Crippen LogP contribution in [-0.2, 0) is 6.42 Å². The van der Waals surface area contributed by atoms with Crippen molar-refractivity contribution in [3.63, 3.8) is 0 Å². The number of aromatic hydroxyl groups is 1. The summed E-state index contributed by atoms with van der Waals surface area (Å²) in [5.41, 5.74) is 0.559. The van der Waals surface area contributed by atoms with Crippen molar-refractivity contribution in [2.24, 2.45) is 0 Å². The molecule has 1 aliphatic heterocycles. The van der Waals surface area contributed by atoms with Crippen LogP contribution in [0, 0.1) is 0 Å². The van der Waals surface area contributed by atoms with Gasteiger partial charge in [-0.05, 0) is 30.7 Å². The molecule has 3 heterocycles. The third-order valence-corrected chi connectivity index (χ3v) is 4.57. The lowest BCUT2D eigenvalue weighted by Gasteiger charge is -2.20. The summed E-state index contributed by atoms with van der Waals surface area (Å²) in [5, 5.41) is 18.5. The van der Waals surface area contributed by atoms with Gasteiger partial charge in [0.05, 0.1) is 0 Å². The van der Waals surface area contributed by atoms with E-state index < -0.39 is 0 Å². The van der Waals surface area contributed by atoms with Crippen LogP contribution in [0.5, 0.6) is 5.75 Å². The second-order valence-electron chi connectivity index (χ2n) is 4.40. The molecule has 0 aromatic carbocycles. The van der Waals surface area contributed by atoms with Crippen LogP contribution in [0.3, 0.4) is 0 Å². The van der Waals surface area contributed by atoms with Gasteiger partial charge in [0.25, 0.3) is 0 Å². The molecule has 17 heavy (non-hydrogen) atoms. The Hall–Kier alpha value is -1.23. The number of hydrogen-bond acceptors (Lipinski definition) is 4. The van der Waals surface area contributed by atoms with Crippen molar-refractivity contribution in [1.29, 1.82) is 0 Å². The molecule has 1 saturated heterocycles. The normalized spacial score (nSPS) is 20.8. The molecule has 3 rings (SSSR count). The van der Waals surface area contributed by atoms with E-state index in [2.05, 4.69) is 10.2 Å². The van der Waals surface area contributed by atoms with E-state index in [9.17, 15) is 5.11 Å². The topological polar surface area (TPSA) is 50.4 Å². The highest BCUT2D eigenvalue weighted by Gasteiger charge is 2.18. The first-order valence-electron chi connectivity index (χ1n) is 5.98. The lowest BCUT2D eigenvalue weighted by molar-refractivity contribution is 0.477. The van der Waals surface area contributed by atoms with Gasteiger partial charge >= 0.3 is 0 Å². The van der Waals surface area contributed by atoms with Gasteiger partial charge in [0.15, 0.2) is 5.75 Å². The number of nitrogens with zero attached hydrogens (tertiary/aromatic N) is 3. The first kappa shape index (κ1) is 10.9. The lowest BCUT2D eigenvalue weighted by atomic mass is 10.1. The van der Waals surface area contributed by atoms with Gasteiger partial charge in [0, 0.05) is 17.9 Å². The predicted octanol–water partition coefficient (Wildman–Crippen LogP) is 2.26. The van der Waals surface area contributed by atoms with Crippen molar-refractivity contribution in [1.82, 2.24) is 14.6 Å². The van der Waals surface area contributed by atoms with Crippen molar-refractivity contribution in [3.8, 4) is 5.75 Å². The maximum atomic E-state index is 9.66. The molecule has 5 heteroatoms. The Balaban J connectivity index is 1.87. The fourth-order valence-corrected chi connectivity index (χ4v) is 3.57. The summed E-state index contributed by atoms with van der Waals surface area (Å²) < 4.78 is 1.89. The second kappa shape index (κ2) is 4.56. The summed E-state index contributed by atoms with van der Waals surface area (Å²) in [6.45, 7) is 0. The monoisotopic (exact) mass is 249 g/mol. The molecule has 2 aromatic rings. The van der Waals surface area contributed by atoms with Gasteiger partial charge in [-0.25, -0.2) is 0 Å². The van der Waals surface area contributed by atoms with Gasteiger partial charge in [-0.1, -0.05) is 6.42 Å². The molecule has 1 fully saturated rings. The van der Waals surface area contributed by atoms with Gasteiger partial charge in [-0.15, -0.1) is 10.2 Å². The average molecular weight is 249 g/mol. The molecule has 90 valence electrons. The van der Waals surface area contributed by atoms with E-state index in [-0.39, 0.29) is 5.75 Å². The van der Waals surface area contributed by atoms with Crippen LogP contribution in [0.25, 0.3) is 5.65 Å². The Bertz CT molecular complexity index is 519. The van der Waals surface area contributed by atoms with Crippen molar-refractivity contribution in [2.45, 2.75) is 30.9 Å². The SMILES string of the molecule is Oc1cccn2c(CC3CCCCS3)nnc12. The van der Waals surface area contributed by atoms with E-state index >= 15 is 0 Å². The number of aromatic nitrogens is 3. The molecule has 1 aliphatic rings. The smallest absolute Gasteiger partial charge is 0.203 e. The van der Waals surface area contributed by atoms with Gasteiger partial charge in [0.1, 0.15) is 5.82 Å². The summed E-state index contributed by atoms with van der Waals surface area (Å²) >= 11 is 2.03. The lowest BCUT2D eigenvalue weighted by Crippen LogP contribution is -2.14. The Labute approximate surface area is 104 Å². The predicted molar refractivity (Wildman–Crippen MR) is 68.5 cm³/mol. The Morgan fingerprint density at radius 1 is 1.41 bits per heavy atom. The van der Waals surface area contributed by atoms with Crippen molar-refractivity contribution in [3.05, 3.63) is 24.2 Å². The molecule has 4 nitrogen and oxygen atoms in total. The molecule has 0 amide bonds. The highest BCUT2D eigenvalue weighted by Crippen LogP contribution is 2.28. The van der Waals surface area contributed by atoms with Crippen LogP contribution in [0.1, 0.15) is 25.1 Å². The molecule has 0 radical (unpaired) electrons. The van der Waals surface area contributed by atoms with Crippen LogP contribution in [-0.4, -0.2) is 30.7 Å². The Morgan fingerprint density at radius 3 is 3.18 bits per heavy atom. The fourth-order valence-electron chi connectivity index (χ4n) is 2.26. The van der Waals surface area contributed by atoms with Crippen LogP contribution < -0.4 is 0 Å². The summed E-state index contributed by atoms with van der Waals surface area (Å²) in [7, 11) is 0. The first-order valence-corrected chi connectivity index (χ1v) is 7.02. The fraction of sp³-hybridized carbons (Fsp3) is 0.500. The van der Waals surface area contributed by atoms with Gasteiger partial charge in [-0.2, -0.15) is 11.8 Å². The highest BCUT2D eigenvalue weighted by molar-refractivity contribution is 7.99. The summed E-state index contributed by atoms with van der Waals surface area (Å²) in [4.78, 5) is 0. The average Bonchev–Trinajstić information content (AvgIpc) is 2.76. The zero-order chi connectivity index (χ0) is 11.7. The minimum absolute atomic E-state index is 0.197. The first-order chi connectivity index (χ1) is 8.34.